The van der Waals surface area contributed by atoms with Gasteiger partial charge in [-0.2, -0.15) is 0 Å². The first-order valence-corrected chi connectivity index (χ1v) is 6.87. The minimum absolute atomic E-state index is 0.00555. The van der Waals surface area contributed by atoms with Crippen LogP contribution in [0.3, 0.4) is 0 Å². The number of nitro groups is 1. The molecule has 0 amide bonds. The molecule has 1 atom stereocenters. The number of nitrogens with zero attached hydrogens (tertiary/aromatic N) is 2. The molecular weight excluding hydrogens is 363 g/mol. The van der Waals surface area contributed by atoms with Crippen LogP contribution in [0.4, 0.5) is 11.4 Å². The second-order valence-electron chi connectivity index (χ2n) is 4.12. The predicted octanol–water partition coefficient (Wildman–Crippen LogP) is 2.89. The van der Waals surface area contributed by atoms with Gasteiger partial charge in [0, 0.05) is 22.2 Å². The molecule has 19 heavy (non-hydrogen) atoms. The second kappa shape index (κ2) is 6.69. The number of anilines is 1. The Bertz CT molecular complexity index is 493. The highest BCUT2D eigenvalue weighted by Gasteiger charge is 2.23. The molecule has 0 aromatic heterocycles. The summed E-state index contributed by atoms with van der Waals surface area (Å²) in [5, 5.41) is 19.9. The van der Waals surface area contributed by atoms with E-state index in [1.54, 1.807) is 24.0 Å². The number of hydrogen-bond acceptors (Lipinski definition) is 4. The van der Waals surface area contributed by atoms with Crippen molar-refractivity contribution >= 4 is 39.9 Å². The van der Waals surface area contributed by atoms with Gasteiger partial charge in [-0.25, -0.2) is 0 Å². The Morgan fingerprint density at radius 2 is 2.21 bits per heavy atom. The fraction of sp³-hybridized carbons (Fsp3) is 0.417. The predicted molar refractivity (Wildman–Crippen MR) is 80.5 cm³/mol. The fourth-order valence-electron chi connectivity index (χ4n) is 1.97. The quantitative estimate of drug-likeness (QED) is 0.468. The molecule has 0 spiro atoms. The molecule has 1 unspecified atom stereocenters. The van der Waals surface area contributed by atoms with Crippen LogP contribution in [0.1, 0.15) is 20.3 Å². The van der Waals surface area contributed by atoms with Crippen LogP contribution in [0.15, 0.2) is 18.2 Å². The molecule has 6 nitrogen and oxygen atoms in total. The maximum atomic E-state index is 11.1. The van der Waals surface area contributed by atoms with E-state index in [2.05, 4.69) is 0 Å². The van der Waals surface area contributed by atoms with E-state index in [4.69, 9.17) is 5.11 Å². The van der Waals surface area contributed by atoms with Crippen LogP contribution in [0.2, 0.25) is 0 Å². The number of aliphatic carboxylic acids is 1. The monoisotopic (exact) mass is 378 g/mol. The number of hydrogen-bond donors (Lipinski definition) is 1. The largest absolute Gasteiger partial charge is 0.481 e. The van der Waals surface area contributed by atoms with Crippen molar-refractivity contribution in [3.05, 3.63) is 31.9 Å². The topological polar surface area (TPSA) is 83.7 Å². The van der Waals surface area contributed by atoms with Crippen LogP contribution in [-0.4, -0.2) is 28.6 Å². The number of benzene rings is 1. The maximum absolute atomic E-state index is 11.1. The lowest BCUT2D eigenvalue weighted by molar-refractivity contribution is -0.384. The number of nitro benzene ring substituents is 1. The van der Waals surface area contributed by atoms with Gasteiger partial charge in [0.05, 0.1) is 11.3 Å². The molecular formula is C12H15IN2O4. The summed E-state index contributed by atoms with van der Waals surface area (Å²) in [6.45, 7) is 4.11. The molecule has 0 saturated carbocycles. The first kappa shape index (κ1) is 15.7. The Labute approximate surface area is 124 Å². The highest BCUT2D eigenvalue weighted by atomic mass is 127. The molecule has 1 aromatic carbocycles. The molecule has 0 saturated heterocycles. The first-order valence-electron chi connectivity index (χ1n) is 5.79. The Morgan fingerprint density at radius 1 is 1.58 bits per heavy atom. The Kier molecular flexibility index (Phi) is 5.52. The van der Waals surface area contributed by atoms with Gasteiger partial charge < -0.3 is 10.0 Å². The van der Waals surface area contributed by atoms with E-state index in [0.29, 0.717) is 12.2 Å². The average Bonchev–Trinajstić information content (AvgIpc) is 2.30. The number of carboxylic acids is 1. The fourth-order valence-corrected chi connectivity index (χ4v) is 2.44. The summed E-state index contributed by atoms with van der Waals surface area (Å²) >= 11 is 2.01. The van der Waals surface area contributed by atoms with E-state index in [0.717, 1.165) is 3.57 Å². The Hall–Kier alpha value is -1.38. The van der Waals surface area contributed by atoms with E-state index >= 15 is 0 Å². The summed E-state index contributed by atoms with van der Waals surface area (Å²) in [5.41, 5.74) is 0.465. The van der Waals surface area contributed by atoms with Crippen molar-refractivity contribution in [2.45, 2.75) is 26.3 Å². The third-order valence-corrected chi connectivity index (χ3v) is 3.46. The van der Waals surface area contributed by atoms with Gasteiger partial charge in [0.1, 0.15) is 5.69 Å². The Balaban J connectivity index is 3.17. The van der Waals surface area contributed by atoms with Crippen LogP contribution in [0.5, 0.6) is 0 Å². The molecule has 0 aliphatic rings. The number of carboxylic acid groups (broad SMARTS) is 1. The molecule has 1 rings (SSSR count). The first-order chi connectivity index (χ1) is 8.86. The van der Waals surface area contributed by atoms with Crippen molar-refractivity contribution in [3.63, 3.8) is 0 Å². The summed E-state index contributed by atoms with van der Waals surface area (Å²) in [6.07, 6.45) is -0.0586. The summed E-state index contributed by atoms with van der Waals surface area (Å²) in [5.74, 6) is -0.917. The van der Waals surface area contributed by atoms with Gasteiger partial charge in [-0.3, -0.25) is 14.9 Å². The van der Waals surface area contributed by atoms with Crippen molar-refractivity contribution in [2.75, 3.05) is 11.4 Å². The van der Waals surface area contributed by atoms with E-state index in [1.165, 1.54) is 6.07 Å². The highest BCUT2D eigenvalue weighted by Crippen LogP contribution is 2.31. The number of carbonyl (C=O) groups is 1. The van der Waals surface area contributed by atoms with Crippen LogP contribution in [0, 0.1) is 13.7 Å². The molecule has 0 aliphatic heterocycles. The standard InChI is InChI=1S/C12H15IN2O4/c1-3-14(8(2)6-12(16)17)10-5-4-9(13)7-11(10)15(18)19/h4-5,7-8H,3,6H2,1-2H3,(H,16,17). The number of rotatable bonds is 6. The van der Waals surface area contributed by atoms with Gasteiger partial charge in [-0.15, -0.1) is 0 Å². The van der Waals surface area contributed by atoms with Gasteiger partial charge in [0.25, 0.3) is 5.69 Å². The molecule has 1 aromatic rings. The summed E-state index contributed by atoms with van der Waals surface area (Å²) < 4.78 is 0.773. The summed E-state index contributed by atoms with van der Waals surface area (Å²) in [4.78, 5) is 23.2. The van der Waals surface area contributed by atoms with Crippen LogP contribution >= 0.6 is 22.6 Å². The third-order valence-electron chi connectivity index (χ3n) is 2.79. The zero-order chi connectivity index (χ0) is 14.6. The van der Waals surface area contributed by atoms with Gasteiger partial charge >= 0.3 is 5.97 Å². The van der Waals surface area contributed by atoms with Crippen molar-refractivity contribution in [3.8, 4) is 0 Å². The van der Waals surface area contributed by atoms with Gasteiger partial charge in [-0.05, 0) is 48.6 Å². The molecule has 0 radical (unpaired) electrons. The van der Waals surface area contributed by atoms with Crippen molar-refractivity contribution in [1.29, 1.82) is 0 Å². The molecule has 0 fully saturated rings. The third kappa shape index (κ3) is 4.05. The minimum Gasteiger partial charge on any atom is -0.481 e. The molecule has 1 N–H and O–H groups in total. The molecule has 0 heterocycles. The van der Waals surface area contributed by atoms with Crippen molar-refractivity contribution in [1.82, 2.24) is 0 Å². The van der Waals surface area contributed by atoms with Crippen molar-refractivity contribution < 1.29 is 14.8 Å². The van der Waals surface area contributed by atoms with Gasteiger partial charge in [0.2, 0.25) is 0 Å². The van der Waals surface area contributed by atoms with Crippen LogP contribution in [0.25, 0.3) is 0 Å². The second-order valence-corrected chi connectivity index (χ2v) is 5.37. The Morgan fingerprint density at radius 3 is 2.68 bits per heavy atom. The van der Waals surface area contributed by atoms with E-state index in [-0.39, 0.29) is 18.2 Å². The van der Waals surface area contributed by atoms with Gasteiger partial charge in [-0.1, -0.05) is 0 Å². The van der Waals surface area contributed by atoms with Crippen LogP contribution < -0.4 is 4.90 Å². The lowest BCUT2D eigenvalue weighted by Crippen LogP contribution is -2.35. The highest BCUT2D eigenvalue weighted by molar-refractivity contribution is 14.1. The lowest BCUT2D eigenvalue weighted by atomic mass is 10.1. The van der Waals surface area contributed by atoms with Gasteiger partial charge in [0.15, 0.2) is 0 Å². The van der Waals surface area contributed by atoms with E-state index < -0.39 is 10.9 Å². The van der Waals surface area contributed by atoms with E-state index in [1.807, 2.05) is 29.5 Å². The zero-order valence-electron chi connectivity index (χ0n) is 10.7. The van der Waals surface area contributed by atoms with Crippen LogP contribution in [-0.2, 0) is 4.79 Å². The maximum Gasteiger partial charge on any atom is 0.305 e. The smallest absolute Gasteiger partial charge is 0.305 e. The molecule has 0 aliphatic carbocycles. The average molecular weight is 378 g/mol. The molecule has 0 bridgehead atoms. The number of halogens is 1. The molecule has 104 valence electrons. The summed E-state index contributed by atoms with van der Waals surface area (Å²) in [7, 11) is 0. The molecule has 7 heteroatoms. The normalized spacial score (nSPS) is 11.9. The SMILES string of the molecule is CCN(c1ccc(I)cc1[N+](=O)[O-])C(C)CC(=O)O. The summed E-state index contributed by atoms with van der Waals surface area (Å²) in [6, 6.07) is 4.63. The van der Waals surface area contributed by atoms with Crippen molar-refractivity contribution in [2.24, 2.45) is 0 Å². The zero-order valence-corrected chi connectivity index (χ0v) is 12.8. The minimum atomic E-state index is -0.917. The lowest BCUT2D eigenvalue weighted by Gasteiger charge is -2.28. The van der Waals surface area contributed by atoms with E-state index in [9.17, 15) is 14.9 Å².